The second-order valence-electron chi connectivity index (χ2n) is 3.38. The van der Waals surface area contributed by atoms with Crippen molar-refractivity contribution in [2.75, 3.05) is 0 Å². The fourth-order valence-corrected chi connectivity index (χ4v) is 2.77. The Morgan fingerprint density at radius 1 is 1.39 bits per heavy atom. The molecule has 0 aliphatic carbocycles. The van der Waals surface area contributed by atoms with E-state index in [0.717, 1.165) is 29.8 Å². The smallest absolute Gasteiger partial charge is 0.288 e. The molecule has 0 fully saturated rings. The Kier molecular flexibility index (Phi) is 3.54. The maximum atomic E-state index is 12.7. The van der Waals surface area contributed by atoms with E-state index in [2.05, 4.69) is 20.9 Å². The fourth-order valence-electron chi connectivity index (χ4n) is 1.39. The summed E-state index contributed by atoms with van der Waals surface area (Å²) in [7, 11) is 0. The van der Waals surface area contributed by atoms with Gasteiger partial charge in [-0.05, 0) is 28.1 Å². The highest BCUT2D eigenvalue weighted by atomic mass is 79.9. The van der Waals surface area contributed by atoms with Gasteiger partial charge in [0.25, 0.3) is 0 Å². The zero-order chi connectivity index (χ0) is 13.3. The Morgan fingerprint density at radius 2 is 2.11 bits per heavy atom. The molecule has 2 aromatic rings. The lowest BCUT2D eigenvalue weighted by Crippen LogP contribution is -2.13. The van der Waals surface area contributed by atoms with Crippen molar-refractivity contribution in [1.29, 1.82) is 0 Å². The van der Waals surface area contributed by atoms with Gasteiger partial charge in [-0.2, -0.15) is 13.2 Å². The molecule has 0 N–H and O–H groups in total. The largest absolute Gasteiger partial charge is 0.417 e. The number of aromatic nitrogens is 1. The number of nitrogens with zero attached hydrogens (tertiary/aromatic N) is 1. The molecule has 2 aromatic heterocycles. The summed E-state index contributed by atoms with van der Waals surface area (Å²) in [5, 5.41) is 1.64. The van der Waals surface area contributed by atoms with Crippen molar-refractivity contribution in [2.24, 2.45) is 0 Å². The van der Waals surface area contributed by atoms with Crippen LogP contribution in [0.5, 0.6) is 0 Å². The number of pyridine rings is 1. The predicted octanol–water partition coefficient (Wildman–Crippen LogP) is 4.16. The third-order valence-electron chi connectivity index (χ3n) is 2.16. The van der Waals surface area contributed by atoms with Crippen LogP contribution in [-0.2, 0) is 6.18 Å². The second kappa shape index (κ2) is 4.81. The van der Waals surface area contributed by atoms with E-state index < -0.39 is 23.1 Å². The van der Waals surface area contributed by atoms with Gasteiger partial charge in [0.05, 0.1) is 16.0 Å². The van der Waals surface area contributed by atoms with E-state index in [4.69, 9.17) is 0 Å². The van der Waals surface area contributed by atoms with E-state index in [1.165, 1.54) is 6.07 Å². The van der Waals surface area contributed by atoms with Crippen LogP contribution >= 0.6 is 27.3 Å². The lowest BCUT2D eigenvalue weighted by atomic mass is 10.1. The van der Waals surface area contributed by atoms with Crippen molar-refractivity contribution in [1.82, 2.24) is 4.98 Å². The monoisotopic (exact) mass is 335 g/mol. The quantitative estimate of drug-likeness (QED) is 0.771. The molecule has 0 radical (unpaired) electrons. The van der Waals surface area contributed by atoms with Crippen molar-refractivity contribution < 1.29 is 18.0 Å². The Labute approximate surface area is 113 Å². The summed E-state index contributed by atoms with van der Waals surface area (Å²) in [6, 6.07) is 2.29. The van der Waals surface area contributed by atoms with Crippen LogP contribution in [0.4, 0.5) is 13.2 Å². The molecular weight excluding hydrogens is 331 g/mol. The van der Waals surface area contributed by atoms with Crippen LogP contribution in [0.15, 0.2) is 34.4 Å². The third-order valence-corrected chi connectivity index (χ3v) is 3.85. The molecule has 0 unspecified atom stereocenters. The number of ketones is 1. The van der Waals surface area contributed by atoms with Crippen molar-refractivity contribution in [2.45, 2.75) is 6.18 Å². The Balaban J connectivity index is 2.49. The Hall–Kier alpha value is -1.21. The number of hydrogen-bond donors (Lipinski definition) is 0. The third kappa shape index (κ3) is 2.62. The van der Waals surface area contributed by atoms with E-state index in [1.54, 1.807) is 5.38 Å². The number of rotatable bonds is 2. The van der Waals surface area contributed by atoms with Gasteiger partial charge in [-0.25, -0.2) is 0 Å². The topological polar surface area (TPSA) is 30.0 Å². The zero-order valence-electron chi connectivity index (χ0n) is 8.66. The van der Waals surface area contributed by atoms with Gasteiger partial charge in [0.1, 0.15) is 0 Å². The SMILES string of the molecule is O=C(c1cc(Br)cs1)c1cnccc1C(F)(F)F. The molecule has 0 aromatic carbocycles. The van der Waals surface area contributed by atoms with Crippen LogP contribution < -0.4 is 0 Å². The first-order chi connectivity index (χ1) is 8.39. The molecule has 0 aliphatic heterocycles. The molecule has 2 rings (SSSR count). The molecule has 2 nitrogen and oxygen atoms in total. The first-order valence-electron chi connectivity index (χ1n) is 4.69. The van der Waals surface area contributed by atoms with Crippen molar-refractivity contribution in [3.05, 3.63) is 50.4 Å². The van der Waals surface area contributed by atoms with Crippen LogP contribution in [-0.4, -0.2) is 10.8 Å². The minimum absolute atomic E-state index is 0.236. The van der Waals surface area contributed by atoms with Crippen LogP contribution in [0.1, 0.15) is 20.8 Å². The van der Waals surface area contributed by atoms with Crippen LogP contribution in [0.2, 0.25) is 0 Å². The van der Waals surface area contributed by atoms with Gasteiger partial charge in [-0.15, -0.1) is 11.3 Å². The average Bonchev–Trinajstić information content (AvgIpc) is 2.74. The molecular formula is C11H5BrF3NOS. The van der Waals surface area contributed by atoms with Gasteiger partial charge in [-0.1, -0.05) is 0 Å². The van der Waals surface area contributed by atoms with Gasteiger partial charge in [0.15, 0.2) is 0 Å². The Bertz CT molecular complexity index is 594. The summed E-state index contributed by atoms with van der Waals surface area (Å²) in [4.78, 5) is 15.8. The highest BCUT2D eigenvalue weighted by Crippen LogP contribution is 2.33. The lowest BCUT2D eigenvalue weighted by Gasteiger charge is -2.10. The van der Waals surface area contributed by atoms with E-state index in [-0.39, 0.29) is 4.88 Å². The van der Waals surface area contributed by atoms with Gasteiger partial charge < -0.3 is 0 Å². The van der Waals surface area contributed by atoms with Crippen molar-refractivity contribution >= 4 is 33.0 Å². The predicted molar refractivity (Wildman–Crippen MR) is 64.7 cm³/mol. The van der Waals surface area contributed by atoms with Crippen molar-refractivity contribution in [3.8, 4) is 0 Å². The number of halogens is 4. The van der Waals surface area contributed by atoms with Gasteiger partial charge in [0, 0.05) is 22.2 Å². The number of alkyl halides is 3. The fraction of sp³-hybridized carbons (Fsp3) is 0.0909. The molecule has 0 atom stereocenters. The number of hydrogen-bond acceptors (Lipinski definition) is 3. The van der Waals surface area contributed by atoms with Gasteiger partial charge in [0.2, 0.25) is 5.78 Å². The van der Waals surface area contributed by atoms with Crippen molar-refractivity contribution in [3.63, 3.8) is 0 Å². The number of thiophene rings is 1. The maximum absolute atomic E-state index is 12.7. The zero-order valence-corrected chi connectivity index (χ0v) is 11.1. The molecule has 0 aliphatic rings. The standard InChI is InChI=1S/C11H5BrF3NOS/c12-6-3-9(18-5-6)10(17)7-4-16-2-1-8(7)11(13,14)15/h1-5H. The first kappa shape index (κ1) is 13.2. The maximum Gasteiger partial charge on any atom is 0.417 e. The molecule has 2 heterocycles. The summed E-state index contributed by atoms with van der Waals surface area (Å²) in [6.07, 6.45) is -2.61. The summed E-state index contributed by atoms with van der Waals surface area (Å²) >= 11 is 4.23. The summed E-state index contributed by atoms with van der Waals surface area (Å²) in [5.41, 5.74) is -1.40. The molecule has 0 saturated carbocycles. The molecule has 0 spiro atoms. The average molecular weight is 336 g/mol. The van der Waals surface area contributed by atoms with Crippen LogP contribution in [0, 0.1) is 0 Å². The number of carbonyl (C=O) groups excluding carboxylic acids is 1. The number of carbonyl (C=O) groups is 1. The van der Waals surface area contributed by atoms with E-state index >= 15 is 0 Å². The molecule has 7 heteroatoms. The van der Waals surface area contributed by atoms with Gasteiger partial charge in [-0.3, -0.25) is 9.78 Å². The first-order valence-corrected chi connectivity index (χ1v) is 6.37. The van der Waals surface area contributed by atoms with E-state index in [0.29, 0.717) is 4.47 Å². The normalized spacial score (nSPS) is 11.6. The van der Waals surface area contributed by atoms with Gasteiger partial charge >= 0.3 is 6.18 Å². The minimum Gasteiger partial charge on any atom is -0.288 e. The van der Waals surface area contributed by atoms with E-state index in [9.17, 15) is 18.0 Å². The molecule has 94 valence electrons. The summed E-state index contributed by atoms with van der Waals surface area (Å²) in [5.74, 6) is -0.675. The minimum atomic E-state index is -4.57. The van der Waals surface area contributed by atoms with Crippen LogP contribution in [0.25, 0.3) is 0 Å². The molecule has 0 bridgehead atoms. The summed E-state index contributed by atoms with van der Waals surface area (Å²) < 4.78 is 38.9. The molecule has 18 heavy (non-hydrogen) atoms. The Morgan fingerprint density at radius 3 is 2.67 bits per heavy atom. The highest BCUT2D eigenvalue weighted by Gasteiger charge is 2.35. The summed E-state index contributed by atoms with van der Waals surface area (Å²) in [6.45, 7) is 0. The molecule has 0 amide bonds. The van der Waals surface area contributed by atoms with Crippen LogP contribution in [0.3, 0.4) is 0 Å². The highest BCUT2D eigenvalue weighted by molar-refractivity contribution is 9.10. The lowest BCUT2D eigenvalue weighted by molar-refractivity contribution is -0.137. The molecule has 0 saturated heterocycles. The van der Waals surface area contributed by atoms with E-state index in [1.807, 2.05) is 0 Å². The second-order valence-corrected chi connectivity index (χ2v) is 5.20.